The van der Waals surface area contributed by atoms with E-state index in [0.29, 0.717) is 12.3 Å². The van der Waals surface area contributed by atoms with Crippen LogP contribution in [0.25, 0.3) is 0 Å². The Morgan fingerprint density at radius 2 is 2.32 bits per heavy atom. The molecule has 1 aliphatic heterocycles. The molecule has 1 aromatic carbocycles. The maximum absolute atomic E-state index is 11.9. The molecule has 0 bridgehead atoms. The highest BCUT2D eigenvalue weighted by Gasteiger charge is 2.15. The fourth-order valence-corrected chi connectivity index (χ4v) is 2.60. The molecule has 106 valence electrons. The van der Waals surface area contributed by atoms with Crippen molar-refractivity contribution in [2.45, 2.75) is 26.2 Å². The van der Waals surface area contributed by atoms with E-state index in [2.05, 4.69) is 26.6 Å². The molecule has 1 atom stereocenters. The lowest BCUT2D eigenvalue weighted by Crippen LogP contribution is -2.15. The predicted molar refractivity (Wildman–Crippen MR) is 85.0 cm³/mol. The van der Waals surface area contributed by atoms with Crippen molar-refractivity contribution in [3.05, 3.63) is 28.2 Å². The Morgan fingerprint density at radius 1 is 1.53 bits per heavy atom. The molecular weight excluding hydrogens is 328 g/mol. The zero-order valence-electron chi connectivity index (χ0n) is 11.0. The van der Waals surface area contributed by atoms with E-state index in [1.54, 1.807) is 0 Å². The zero-order valence-corrected chi connectivity index (χ0v) is 13.4. The first-order valence-corrected chi connectivity index (χ1v) is 7.21. The summed E-state index contributed by atoms with van der Waals surface area (Å²) in [7, 11) is 0. The number of halogens is 2. The second-order valence-corrected chi connectivity index (χ2v) is 5.82. The van der Waals surface area contributed by atoms with Crippen molar-refractivity contribution in [1.29, 1.82) is 0 Å². The lowest BCUT2D eigenvalue weighted by Gasteiger charge is -2.10. The monoisotopic (exact) mass is 346 g/mol. The number of hydrogen-bond donors (Lipinski definition) is 2. The van der Waals surface area contributed by atoms with E-state index in [-0.39, 0.29) is 18.3 Å². The topological polar surface area (TPSA) is 41.1 Å². The second kappa shape index (κ2) is 7.88. The number of carbonyl (C=O) groups is 1. The van der Waals surface area contributed by atoms with Crippen LogP contribution in [-0.4, -0.2) is 19.0 Å². The molecule has 2 N–H and O–H groups in total. The molecule has 3 nitrogen and oxygen atoms in total. The highest BCUT2D eigenvalue weighted by atomic mass is 79.9. The van der Waals surface area contributed by atoms with Gasteiger partial charge < -0.3 is 10.6 Å². The number of carbonyl (C=O) groups excluding carboxylic acids is 1. The molecule has 1 aromatic rings. The highest BCUT2D eigenvalue weighted by Crippen LogP contribution is 2.21. The minimum absolute atomic E-state index is 0. The molecular formula is C14H20BrClN2O. The molecule has 1 heterocycles. The van der Waals surface area contributed by atoms with Crippen molar-refractivity contribution in [2.24, 2.45) is 5.92 Å². The molecule has 5 heteroatoms. The van der Waals surface area contributed by atoms with Crippen LogP contribution in [0.2, 0.25) is 0 Å². The van der Waals surface area contributed by atoms with E-state index >= 15 is 0 Å². The quantitative estimate of drug-likeness (QED) is 0.875. The van der Waals surface area contributed by atoms with Gasteiger partial charge in [-0.3, -0.25) is 4.79 Å². The summed E-state index contributed by atoms with van der Waals surface area (Å²) in [5, 5.41) is 6.31. The third-order valence-corrected chi connectivity index (χ3v) is 3.91. The van der Waals surface area contributed by atoms with E-state index in [4.69, 9.17) is 0 Å². The predicted octanol–water partition coefficient (Wildman–Crippen LogP) is 3.51. The van der Waals surface area contributed by atoms with Gasteiger partial charge in [-0.05, 0) is 56.5 Å². The summed E-state index contributed by atoms with van der Waals surface area (Å²) in [6.45, 7) is 4.16. The molecule has 1 saturated heterocycles. The molecule has 0 aromatic heterocycles. The maximum Gasteiger partial charge on any atom is 0.224 e. The van der Waals surface area contributed by atoms with Crippen molar-refractivity contribution in [2.75, 3.05) is 18.4 Å². The van der Waals surface area contributed by atoms with Gasteiger partial charge in [-0.25, -0.2) is 0 Å². The van der Waals surface area contributed by atoms with Gasteiger partial charge in [-0.2, -0.15) is 0 Å². The van der Waals surface area contributed by atoms with Crippen LogP contribution in [0.15, 0.2) is 22.7 Å². The zero-order chi connectivity index (χ0) is 13.0. The van der Waals surface area contributed by atoms with Crippen molar-refractivity contribution in [3.8, 4) is 0 Å². The fraction of sp³-hybridized carbons (Fsp3) is 0.500. The van der Waals surface area contributed by atoms with Gasteiger partial charge in [-0.1, -0.05) is 22.0 Å². The third kappa shape index (κ3) is 5.13. The van der Waals surface area contributed by atoms with E-state index in [9.17, 15) is 4.79 Å². The highest BCUT2D eigenvalue weighted by molar-refractivity contribution is 9.10. The van der Waals surface area contributed by atoms with Gasteiger partial charge in [0.1, 0.15) is 0 Å². The largest absolute Gasteiger partial charge is 0.326 e. The summed E-state index contributed by atoms with van der Waals surface area (Å²) in [5.41, 5.74) is 1.99. The molecule has 19 heavy (non-hydrogen) atoms. The van der Waals surface area contributed by atoms with E-state index in [1.165, 1.54) is 6.42 Å². The Hall–Kier alpha value is -0.580. The molecule has 1 aliphatic rings. The van der Waals surface area contributed by atoms with Crippen molar-refractivity contribution in [1.82, 2.24) is 5.32 Å². The Morgan fingerprint density at radius 3 is 3.00 bits per heavy atom. The summed E-state index contributed by atoms with van der Waals surface area (Å²) in [5.74, 6) is 0.780. The van der Waals surface area contributed by atoms with E-state index in [0.717, 1.165) is 35.2 Å². The molecule has 1 amide bonds. The second-order valence-electron chi connectivity index (χ2n) is 4.90. The number of rotatable bonds is 4. The van der Waals surface area contributed by atoms with Crippen LogP contribution in [0, 0.1) is 12.8 Å². The van der Waals surface area contributed by atoms with Gasteiger partial charge in [0, 0.05) is 16.6 Å². The summed E-state index contributed by atoms with van der Waals surface area (Å²) < 4.78 is 0.989. The van der Waals surface area contributed by atoms with Crippen LogP contribution >= 0.6 is 28.3 Å². The normalized spacial score (nSPS) is 17.9. The van der Waals surface area contributed by atoms with Gasteiger partial charge in [0.25, 0.3) is 0 Å². The van der Waals surface area contributed by atoms with Gasteiger partial charge in [0.05, 0.1) is 0 Å². The number of hydrogen-bond acceptors (Lipinski definition) is 2. The van der Waals surface area contributed by atoms with Gasteiger partial charge in [-0.15, -0.1) is 12.4 Å². The van der Waals surface area contributed by atoms with Crippen LogP contribution in [0.3, 0.4) is 0 Å². The first-order valence-electron chi connectivity index (χ1n) is 6.42. The Bertz CT molecular complexity index is 433. The molecule has 1 unspecified atom stereocenters. The average molecular weight is 348 g/mol. The van der Waals surface area contributed by atoms with Crippen LogP contribution in [0.5, 0.6) is 0 Å². The molecule has 0 radical (unpaired) electrons. The van der Waals surface area contributed by atoms with Crippen LogP contribution in [-0.2, 0) is 4.79 Å². The summed E-state index contributed by atoms with van der Waals surface area (Å²) in [6, 6.07) is 5.93. The third-order valence-electron chi connectivity index (χ3n) is 3.42. The Labute approximate surface area is 129 Å². The lowest BCUT2D eigenvalue weighted by molar-refractivity contribution is -0.116. The fourth-order valence-electron chi connectivity index (χ4n) is 2.24. The first kappa shape index (κ1) is 16.5. The maximum atomic E-state index is 11.9. The number of aryl methyl sites for hydroxylation is 1. The first-order chi connectivity index (χ1) is 8.65. The van der Waals surface area contributed by atoms with E-state index in [1.807, 2.05) is 25.1 Å². The molecule has 0 spiro atoms. The van der Waals surface area contributed by atoms with Crippen LogP contribution < -0.4 is 10.6 Å². The number of benzene rings is 1. The summed E-state index contributed by atoms with van der Waals surface area (Å²) in [4.78, 5) is 11.9. The lowest BCUT2D eigenvalue weighted by atomic mass is 10.0. The number of anilines is 1. The SMILES string of the molecule is Cc1ccc(Br)cc1NC(=O)CCC1CCNC1.Cl. The number of amides is 1. The van der Waals surface area contributed by atoms with Gasteiger partial charge in [0.15, 0.2) is 0 Å². The molecule has 0 saturated carbocycles. The van der Waals surface area contributed by atoms with Gasteiger partial charge >= 0.3 is 0 Å². The minimum atomic E-state index is 0. The standard InChI is InChI=1S/C14H19BrN2O.ClH/c1-10-2-4-12(15)8-13(10)17-14(18)5-3-11-6-7-16-9-11;/h2,4,8,11,16H,3,5-7,9H2,1H3,(H,17,18);1H. The molecule has 1 fully saturated rings. The van der Waals surface area contributed by atoms with Gasteiger partial charge in [0.2, 0.25) is 5.91 Å². The average Bonchev–Trinajstić information content (AvgIpc) is 2.84. The van der Waals surface area contributed by atoms with E-state index < -0.39 is 0 Å². The molecule has 2 rings (SSSR count). The smallest absolute Gasteiger partial charge is 0.224 e. The van der Waals surface area contributed by atoms with Crippen LogP contribution in [0.4, 0.5) is 5.69 Å². The molecule has 0 aliphatic carbocycles. The van der Waals surface area contributed by atoms with Crippen molar-refractivity contribution in [3.63, 3.8) is 0 Å². The minimum Gasteiger partial charge on any atom is -0.326 e. The van der Waals surface area contributed by atoms with Crippen molar-refractivity contribution >= 4 is 39.9 Å². The summed E-state index contributed by atoms with van der Waals surface area (Å²) in [6.07, 6.45) is 2.79. The Balaban J connectivity index is 0.00000180. The van der Waals surface area contributed by atoms with Crippen LogP contribution in [0.1, 0.15) is 24.8 Å². The Kier molecular flexibility index (Phi) is 6.83. The summed E-state index contributed by atoms with van der Waals surface area (Å²) >= 11 is 3.42. The number of nitrogens with one attached hydrogen (secondary N) is 2. The van der Waals surface area contributed by atoms with Crippen molar-refractivity contribution < 1.29 is 4.79 Å².